The SMILES string of the molecule is Nc1c(C(=O)N2CC=C(C(F)(F)F)CC2)n[nH]c1C1CC1. The minimum Gasteiger partial charge on any atom is -0.395 e. The zero-order valence-electron chi connectivity index (χ0n) is 11.2. The standard InChI is InChI=1S/C13H15F3N4O/c14-13(15,16)8-3-5-20(6-4-8)12(21)11-9(17)10(18-19-11)7-1-2-7/h3,7H,1-2,4-6,17H2,(H,18,19). The number of rotatable bonds is 2. The molecule has 1 saturated carbocycles. The van der Waals surface area contributed by atoms with Gasteiger partial charge in [-0.1, -0.05) is 6.08 Å². The average molecular weight is 300 g/mol. The lowest BCUT2D eigenvalue weighted by atomic mass is 10.1. The highest BCUT2D eigenvalue weighted by Gasteiger charge is 2.36. The lowest BCUT2D eigenvalue weighted by Crippen LogP contribution is -2.37. The van der Waals surface area contributed by atoms with Crippen molar-refractivity contribution in [2.45, 2.75) is 31.4 Å². The molecule has 2 aliphatic rings. The third-order valence-corrected chi connectivity index (χ3v) is 3.88. The maximum Gasteiger partial charge on any atom is 0.412 e. The number of aromatic amines is 1. The minimum atomic E-state index is -4.32. The van der Waals surface area contributed by atoms with Crippen molar-refractivity contribution in [1.82, 2.24) is 15.1 Å². The third kappa shape index (κ3) is 2.62. The summed E-state index contributed by atoms with van der Waals surface area (Å²) in [5, 5.41) is 6.71. The first-order valence-electron chi connectivity index (χ1n) is 6.77. The van der Waals surface area contributed by atoms with Gasteiger partial charge in [0, 0.05) is 24.6 Å². The lowest BCUT2D eigenvalue weighted by Gasteiger charge is -2.26. The highest BCUT2D eigenvalue weighted by Crippen LogP contribution is 2.42. The Hall–Kier alpha value is -1.99. The van der Waals surface area contributed by atoms with E-state index in [9.17, 15) is 18.0 Å². The number of nitrogen functional groups attached to an aromatic ring is 1. The Labute approximate surface area is 119 Å². The molecule has 5 nitrogen and oxygen atoms in total. The zero-order chi connectivity index (χ0) is 15.2. The van der Waals surface area contributed by atoms with Gasteiger partial charge >= 0.3 is 6.18 Å². The number of alkyl halides is 3. The van der Waals surface area contributed by atoms with E-state index in [4.69, 9.17) is 5.73 Å². The van der Waals surface area contributed by atoms with Crippen LogP contribution in [0.3, 0.4) is 0 Å². The second-order valence-electron chi connectivity index (χ2n) is 5.40. The molecule has 0 spiro atoms. The summed E-state index contributed by atoms with van der Waals surface area (Å²) >= 11 is 0. The number of anilines is 1. The predicted molar refractivity (Wildman–Crippen MR) is 69.6 cm³/mol. The topological polar surface area (TPSA) is 75.0 Å². The molecule has 0 atom stereocenters. The summed E-state index contributed by atoms with van der Waals surface area (Å²) in [4.78, 5) is 13.6. The Morgan fingerprint density at radius 1 is 1.43 bits per heavy atom. The van der Waals surface area contributed by atoms with E-state index < -0.39 is 17.7 Å². The molecule has 0 aromatic carbocycles. The number of aromatic nitrogens is 2. The van der Waals surface area contributed by atoms with E-state index in [1.54, 1.807) is 0 Å². The molecule has 3 rings (SSSR count). The molecule has 1 amide bonds. The van der Waals surface area contributed by atoms with E-state index in [0.29, 0.717) is 11.6 Å². The van der Waals surface area contributed by atoms with E-state index >= 15 is 0 Å². The zero-order valence-corrected chi connectivity index (χ0v) is 11.2. The Bertz CT molecular complexity index is 601. The number of hydrogen-bond donors (Lipinski definition) is 2. The number of carbonyl (C=O) groups is 1. The molecule has 1 fully saturated rings. The van der Waals surface area contributed by atoms with Crippen LogP contribution in [0.25, 0.3) is 0 Å². The van der Waals surface area contributed by atoms with Crippen LogP contribution in [0, 0.1) is 0 Å². The molecule has 114 valence electrons. The van der Waals surface area contributed by atoms with Gasteiger partial charge in [-0.25, -0.2) is 0 Å². The second-order valence-corrected chi connectivity index (χ2v) is 5.40. The average Bonchev–Trinajstić information content (AvgIpc) is 3.21. The molecule has 8 heteroatoms. The van der Waals surface area contributed by atoms with E-state index in [1.165, 1.54) is 4.90 Å². The molecule has 1 aliphatic heterocycles. The van der Waals surface area contributed by atoms with Crippen molar-refractivity contribution in [3.05, 3.63) is 23.0 Å². The molecule has 1 aliphatic carbocycles. The fraction of sp³-hybridized carbons (Fsp3) is 0.538. The Kier molecular flexibility index (Phi) is 3.18. The molecule has 0 saturated heterocycles. The van der Waals surface area contributed by atoms with Gasteiger partial charge in [0.05, 0.1) is 11.4 Å². The number of amides is 1. The van der Waals surface area contributed by atoms with Crippen LogP contribution in [-0.2, 0) is 0 Å². The normalized spacial score (nSPS) is 19.6. The summed E-state index contributed by atoms with van der Waals surface area (Å²) < 4.78 is 37.6. The molecule has 1 aromatic heterocycles. The number of H-pyrrole nitrogens is 1. The quantitative estimate of drug-likeness (QED) is 0.822. The van der Waals surface area contributed by atoms with Crippen LogP contribution in [0.5, 0.6) is 0 Å². The number of nitrogens with two attached hydrogens (primary N) is 1. The van der Waals surface area contributed by atoms with Gasteiger partial charge < -0.3 is 10.6 Å². The van der Waals surface area contributed by atoms with Gasteiger partial charge in [-0.15, -0.1) is 0 Å². The van der Waals surface area contributed by atoms with Crippen molar-refractivity contribution in [3.63, 3.8) is 0 Å². The van der Waals surface area contributed by atoms with Crippen molar-refractivity contribution in [2.24, 2.45) is 0 Å². The van der Waals surface area contributed by atoms with Crippen LogP contribution in [-0.4, -0.2) is 40.3 Å². The fourth-order valence-electron chi connectivity index (χ4n) is 2.47. The first-order valence-corrected chi connectivity index (χ1v) is 6.77. The second kappa shape index (κ2) is 4.78. The van der Waals surface area contributed by atoms with Gasteiger partial charge in [0.1, 0.15) is 0 Å². The van der Waals surface area contributed by atoms with Crippen LogP contribution in [0.1, 0.15) is 41.4 Å². The Morgan fingerprint density at radius 3 is 2.67 bits per heavy atom. The molecule has 0 radical (unpaired) electrons. The van der Waals surface area contributed by atoms with Crippen molar-refractivity contribution in [1.29, 1.82) is 0 Å². The maximum atomic E-state index is 12.5. The van der Waals surface area contributed by atoms with E-state index in [1.807, 2.05) is 0 Å². The van der Waals surface area contributed by atoms with Crippen LogP contribution in [0.15, 0.2) is 11.6 Å². The number of nitrogens with one attached hydrogen (secondary N) is 1. The van der Waals surface area contributed by atoms with Crippen molar-refractivity contribution >= 4 is 11.6 Å². The fourth-order valence-corrected chi connectivity index (χ4v) is 2.47. The van der Waals surface area contributed by atoms with Crippen molar-refractivity contribution in [2.75, 3.05) is 18.8 Å². The third-order valence-electron chi connectivity index (χ3n) is 3.88. The molecule has 0 bridgehead atoms. The maximum absolute atomic E-state index is 12.5. The monoisotopic (exact) mass is 300 g/mol. The van der Waals surface area contributed by atoms with Gasteiger partial charge in [0.15, 0.2) is 5.69 Å². The first-order chi connectivity index (χ1) is 9.88. The molecular weight excluding hydrogens is 285 g/mol. The summed E-state index contributed by atoms with van der Waals surface area (Å²) in [5.41, 5.74) is 6.53. The van der Waals surface area contributed by atoms with Gasteiger partial charge in [-0.05, 0) is 19.3 Å². The lowest BCUT2D eigenvalue weighted by molar-refractivity contribution is -0.0957. The molecule has 2 heterocycles. The number of carbonyl (C=O) groups excluding carboxylic acids is 1. The summed E-state index contributed by atoms with van der Waals surface area (Å²) in [5.74, 6) is -0.0924. The smallest absolute Gasteiger partial charge is 0.395 e. The van der Waals surface area contributed by atoms with Crippen molar-refractivity contribution in [3.8, 4) is 0 Å². The van der Waals surface area contributed by atoms with E-state index in [2.05, 4.69) is 10.2 Å². The molecular formula is C13H15F3N4O. The Balaban J connectivity index is 1.74. The number of hydrogen-bond acceptors (Lipinski definition) is 3. The van der Waals surface area contributed by atoms with Gasteiger partial charge in [0.25, 0.3) is 5.91 Å². The predicted octanol–water partition coefficient (Wildman–Crippen LogP) is 2.20. The number of halogens is 3. The van der Waals surface area contributed by atoms with E-state index in [0.717, 1.165) is 24.6 Å². The van der Waals surface area contributed by atoms with Gasteiger partial charge in [-0.3, -0.25) is 9.89 Å². The summed E-state index contributed by atoms with van der Waals surface area (Å²) in [6.07, 6.45) is -1.44. The van der Waals surface area contributed by atoms with Crippen LogP contribution in [0.2, 0.25) is 0 Å². The summed E-state index contributed by atoms with van der Waals surface area (Å²) in [6, 6.07) is 0. The van der Waals surface area contributed by atoms with Gasteiger partial charge in [0.2, 0.25) is 0 Å². The van der Waals surface area contributed by atoms with Crippen LogP contribution in [0.4, 0.5) is 18.9 Å². The Morgan fingerprint density at radius 2 is 2.14 bits per heavy atom. The molecule has 1 aromatic rings. The molecule has 0 unspecified atom stereocenters. The first kappa shape index (κ1) is 14.0. The van der Waals surface area contributed by atoms with Gasteiger partial charge in [-0.2, -0.15) is 18.3 Å². The van der Waals surface area contributed by atoms with E-state index in [-0.39, 0.29) is 25.2 Å². The largest absolute Gasteiger partial charge is 0.412 e. The van der Waals surface area contributed by atoms with Crippen molar-refractivity contribution < 1.29 is 18.0 Å². The molecule has 21 heavy (non-hydrogen) atoms. The highest BCUT2D eigenvalue weighted by atomic mass is 19.4. The molecule has 3 N–H and O–H groups in total. The minimum absolute atomic E-state index is 0.0231. The number of nitrogens with zero attached hydrogens (tertiary/aromatic N) is 2. The van der Waals surface area contributed by atoms with Crippen LogP contribution >= 0.6 is 0 Å². The highest BCUT2D eigenvalue weighted by molar-refractivity contribution is 5.98. The summed E-state index contributed by atoms with van der Waals surface area (Å²) in [7, 11) is 0. The van der Waals surface area contributed by atoms with Crippen LogP contribution < -0.4 is 5.73 Å². The summed E-state index contributed by atoms with van der Waals surface area (Å²) in [6.45, 7) is -0.0476.